The number of amides is 3. The predicted octanol–water partition coefficient (Wildman–Crippen LogP) is 1.48. The van der Waals surface area contributed by atoms with Crippen LogP contribution in [-0.4, -0.2) is 64.2 Å². The van der Waals surface area contributed by atoms with Crippen LogP contribution in [0.2, 0.25) is 0 Å². The van der Waals surface area contributed by atoms with Crippen molar-refractivity contribution in [2.45, 2.75) is 51.4 Å². The lowest BCUT2D eigenvalue weighted by atomic mass is 10.2. The van der Waals surface area contributed by atoms with Crippen LogP contribution in [0.4, 0.5) is 4.39 Å². The van der Waals surface area contributed by atoms with E-state index in [0.717, 1.165) is 18.4 Å². The zero-order valence-electron chi connectivity index (χ0n) is 18.6. The van der Waals surface area contributed by atoms with Gasteiger partial charge in [-0.25, -0.2) is 4.39 Å². The Hall–Kier alpha value is -3.27. The summed E-state index contributed by atoms with van der Waals surface area (Å²) in [6.07, 6.45) is 2.58. The summed E-state index contributed by atoms with van der Waals surface area (Å²) in [4.78, 5) is 39.7. The molecule has 0 spiro atoms. The number of hydrogen-bond donors (Lipinski definition) is 2. The molecular formula is C23H28FN5O4. The molecule has 1 fully saturated rings. The molecule has 1 aromatic carbocycles. The predicted molar refractivity (Wildman–Crippen MR) is 117 cm³/mol. The Labute approximate surface area is 191 Å². The molecule has 3 amide bonds. The number of carbonyl (C=O) groups excluding carboxylic acids is 3. The number of rotatable bonds is 7. The highest BCUT2D eigenvalue weighted by Gasteiger charge is 2.27. The normalized spacial score (nSPS) is 19.0. The number of carbonyl (C=O) groups is 3. The summed E-state index contributed by atoms with van der Waals surface area (Å²) in [6.45, 7) is 4.08. The van der Waals surface area contributed by atoms with Crippen molar-refractivity contribution < 1.29 is 23.5 Å². The third kappa shape index (κ3) is 5.57. The van der Waals surface area contributed by atoms with Crippen molar-refractivity contribution in [3.05, 3.63) is 53.1 Å². The van der Waals surface area contributed by atoms with Crippen molar-refractivity contribution in [2.24, 2.45) is 0 Å². The van der Waals surface area contributed by atoms with E-state index in [9.17, 15) is 18.8 Å². The fourth-order valence-corrected chi connectivity index (χ4v) is 4.02. The number of hydrogen-bond acceptors (Lipinski definition) is 5. The second kappa shape index (κ2) is 10.1. The largest absolute Gasteiger partial charge is 0.376 e. The van der Waals surface area contributed by atoms with Crippen molar-refractivity contribution >= 4 is 17.7 Å². The van der Waals surface area contributed by atoms with Gasteiger partial charge in [-0.05, 0) is 43.9 Å². The van der Waals surface area contributed by atoms with Gasteiger partial charge in [-0.3, -0.25) is 19.1 Å². The number of ether oxygens (including phenoxy) is 1. The Morgan fingerprint density at radius 1 is 1.24 bits per heavy atom. The van der Waals surface area contributed by atoms with E-state index in [1.54, 1.807) is 24.0 Å². The molecule has 2 aromatic rings. The van der Waals surface area contributed by atoms with Gasteiger partial charge in [0.15, 0.2) is 5.69 Å². The first-order valence-corrected chi connectivity index (χ1v) is 11.2. The third-order valence-corrected chi connectivity index (χ3v) is 5.87. The van der Waals surface area contributed by atoms with Crippen LogP contribution >= 0.6 is 0 Å². The van der Waals surface area contributed by atoms with Gasteiger partial charge in [-0.15, -0.1) is 0 Å². The van der Waals surface area contributed by atoms with Crippen molar-refractivity contribution in [3.8, 4) is 0 Å². The highest BCUT2D eigenvalue weighted by molar-refractivity contribution is 5.99. The number of halogens is 1. The molecule has 2 atom stereocenters. The zero-order chi connectivity index (χ0) is 23.4. The van der Waals surface area contributed by atoms with Gasteiger partial charge in [0.25, 0.3) is 11.8 Å². The minimum Gasteiger partial charge on any atom is -0.376 e. The van der Waals surface area contributed by atoms with E-state index >= 15 is 0 Å². The summed E-state index contributed by atoms with van der Waals surface area (Å²) < 4.78 is 20.2. The van der Waals surface area contributed by atoms with Crippen molar-refractivity contribution in [3.63, 3.8) is 0 Å². The Morgan fingerprint density at radius 3 is 2.76 bits per heavy atom. The molecule has 0 unspecified atom stereocenters. The van der Waals surface area contributed by atoms with E-state index < -0.39 is 11.9 Å². The standard InChI is InChI=1S/C23H28FN5O4/c1-15(21(30)25-13-18-4-2-11-33-18)26-22(31)19-12-20-23(32)28(9-3-10-29(20)27-19)14-16-5-7-17(24)8-6-16/h5-8,12,15,18H,2-4,9-11,13-14H2,1H3,(H,25,30)(H,26,31)/t15-,18-/m0/s1. The minimum absolute atomic E-state index is 0.0181. The highest BCUT2D eigenvalue weighted by atomic mass is 19.1. The molecule has 0 saturated carbocycles. The minimum atomic E-state index is -0.758. The molecule has 4 rings (SSSR count). The number of nitrogens with zero attached hydrogens (tertiary/aromatic N) is 3. The van der Waals surface area contributed by atoms with E-state index in [1.165, 1.54) is 22.9 Å². The number of benzene rings is 1. The molecule has 3 heterocycles. The first-order valence-electron chi connectivity index (χ1n) is 11.2. The Balaban J connectivity index is 1.37. The average molecular weight is 458 g/mol. The number of aromatic nitrogens is 2. The van der Waals surface area contributed by atoms with Crippen molar-refractivity contribution in [1.29, 1.82) is 0 Å². The number of nitrogens with one attached hydrogen (secondary N) is 2. The lowest BCUT2D eigenvalue weighted by Gasteiger charge is -2.20. The molecule has 0 aliphatic carbocycles. The van der Waals surface area contributed by atoms with Crippen molar-refractivity contribution in [1.82, 2.24) is 25.3 Å². The van der Waals surface area contributed by atoms with Gasteiger partial charge in [-0.2, -0.15) is 5.10 Å². The molecule has 2 aliphatic heterocycles. The lowest BCUT2D eigenvalue weighted by Crippen LogP contribution is -2.46. The van der Waals surface area contributed by atoms with Crippen LogP contribution in [0.3, 0.4) is 0 Å². The van der Waals surface area contributed by atoms with Crippen LogP contribution in [0.25, 0.3) is 0 Å². The molecule has 2 aliphatic rings. The highest BCUT2D eigenvalue weighted by Crippen LogP contribution is 2.17. The molecule has 9 nitrogen and oxygen atoms in total. The molecule has 0 bridgehead atoms. The fraction of sp³-hybridized carbons (Fsp3) is 0.478. The second-order valence-electron chi connectivity index (χ2n) is 8.42. The molecule has 0 radical (unpaired) electrons. The number of aryl methyl sites for hydroxylation is 1. The maximum Gasteiger partial charge on any atom is 0.272 e. The Morgan fingerprint density at radius 2 is 2.03 bits per heavy atom. The van der Waals surface area contributed by atoms with Crippen LogP contribution in [0.15, 0.2) is 30.3 Å². The molecule has 10 heteroatoms. The third-order valence-electron chi connectivity index (χ3n) is 5.87. The molecule has 1 aromatic heterocycles. The van der Waals surface area contributed by atoms with Gasteiger partial charge < -0.3 is 20.3 Å². The molecule has 33 heavy (non-hydrogen) atoms. The summed E-state index contributed by atoms with van der Waals surface area (Å²) >= 11 is 0. The molecule has 176 valence electrons. The van der Waals surface area contributed by atoms with Crippen LogP contribution in [0, 0.1) is 5.82 Å². The van der Waals surface area contributed by atoms with Crippen LogP contribution < -0.4 is 10.6 Å². The summed E-state index contributed by atoms with van der Waals surface area (Å²) in [5.74, 6) is -1.40. The average Bonchev–Trinajstić information content (AvgIpc) is 3.45. The lowest BCUT2D eigenvalue weighted by molar-refractivity contribution is -0.123. The Bertz CT molecular complexity index is 1020. The maximum absolute atomic E-state index is 13.2. The quantitative estimate of drug-likeness (QED) is 0.655. The van der Waals surface area contributed by atoms with E-state index in [4.69, 9.17) is 4.74 Å². The van der Waals surface area contributed by atoms with Crippen molar-refractivity contribution in [2.75, 3.05) is 19.7 Å². The topological polar surface area (TPSA) is 106 Å². The maximum atomic E-state index is 13.2. The fourth-order valence-electron chi connectivity index (χ4n) is 4.02. The van der Waals surface area contributed by atoms with E-state index in [2.05, 4.69) is 15.7 Å². The van der Waals surface area contributed by atoms with Crippen LogP contribution in [0.5, 0.6) is 0 Å². The van der Waals surface area contributed by atoms with Crippen LogP contribution in [0.1, 0.15) is 52.7 Å². The number of fused-ring (bicyclic) bond motifs is 1. The summed E-state index contributed by atoms with van der Waals surface area (Å²) in [7, 11) is 0. The second-order valence-corrected chi connectivity index (χ2v) is 8.42. The summed E-state index contributed by atoms with van der Waals surface area (Å²) in [6, 6.07) is 6.72. The van der Waals surface area contributed by atoms with E-state index in [-0.39, 0.29) is 29.4 Å². The van der Waals surface area contributed by atoms with Gasteiger partial charge in [0.1, 0.15) is 17.6 Å². The summed E-state index contributed by atoms with van der Waals surface area (Å²) in [5, 5.41) is 9.72. The SMILES string of the molecule is C[C@H](NC(=O)c1cc2n(n1)CCCN(Cc1ccc(F)cc1)C2=O)C(=O)NC[C@@H]1CCCO1. The van der Waals surface area contributed by atoms with Gasteiger partial charge in [-0.1, -0.05) is 12.1 Å². The van der Waals surface area contributed by atoms with Gasteiger partial charge in [0.05, 0.1) is 6.10 Å². The van der Waals surface area contributed by atoms with Gasteiger partial charge >= 0.3 is 0 Å². The first-order chi connectivity index (χ1) is 15.9. The smallest absolute Gasteiger partial charge is 0.272 e. The molecule has 1 saturated heterocycles. The molecule has 2 N–H and O–H groups in total. The van der Waals surface area contributed by atoms with Gasteiger partial charge in [0, 0.05) is 38.9 Å². The first kappa shape index (κ1) is 22.9. The monoisotopic (exact) mass is 457 g/mol. The molecular weight excluding hydrogens is 429 g/mol. The van der Waals surface area contributed by atoms with E-state index in [1.807, 2.05) is 0 Å². The summed E-state index contributed by atoms with van der Waals surface area (Å²) in [5.41, 5.74) is 1.22. The Kier molecular flexibility index (Phi) is 7.02. The van der Waals surface area contributed by atoms with Crippen LogP contribution in [-0.2, 0) is 22.6 Å². The van der Waals surface area contributed by atoms with Gasteiger partial charge in [0.2, 0.25) is 5.91 Å². The van der Waals surface area contributed by atoms with E-state index in [0.29, 0.717) is 44.9 Å². The zero-order valence-corrected chi connectivity index (χ0v) is 18.6.